The molecule has 122 valence electrons. The van der Waals surface area contributed by atoms with Gasteiger partial charge < -0.3 is 20.5 Å². The van der Waals surface area contributed by atoms with Crippen LogP contribution in [0.4, 0.5) is 4.79 Å². The van der Waals surface area contributed by atoms with E-state index in [1.165, 1.54) is 12.8 Å². The maximum Gasteiger partial charge on any atom is 0.314 e. The first-order valence-electron chi connectivity index (χ1n) is 7.87. The lowest BCUT2D eigenvalue weighted by molar-refractivity contribution is -0.149. The van der Waals surface area contributed by atoms with Crippen LogP contribution in [0.1, 0.15) is 46.0 Å². The van der Waals surface area contributed by atoms with E-state index in [9.17, 15) is 14.7 Å². The molecule has 0 atom stereocenters. The van der Waals surface area contributed by atoms with Gasteiger partial charge in [-0.1, -0.05) is 13.8 Å². The van der Waals surface area contributed by atoms with Gasteiger partial charge in [0.2, 0.25) is 0 Å². The highest BCUT2D eigenvalue weighted by atomic mass is 16.5. The minimum absolute atomic E-state index is 0.152. The predicted octanol–water partition coefficient (Wildman–Crippen LogP) is 1.99. The van der Waals surface area contributed by atoms with Gasteiger partial charge in [-0.3, -0.25) is 4.79 Å². The minimum Gasteiger partial charge on any atom is -0.481 e. The highest BCUT2D eigenvalue weighted by molar-refractivity contribution is 5.78. The van der Waals surface area contributed by atoms with Crippen molar-refractivity contribution in [3.05, 3.63) is 0 Å². The summed E-state index contributed by atoms with van der Waals surface area (Å²) in [5.74, 6) is -0.102. The minimum atomic E-state index is -0.870. The van der Waals surface area contributed by atoms with Crippen LogP contribution in [0.3, 0.4) is 0 Å². The molecule has 0 heterocycles. The maximum atomic E-state index is 11.6. The molecular formula is C15H28N2O4. The van der Waals surface area contributed by atoms with Gasteiger partial charge in [0.1, 0.15) is 0 Å². The lowest BCUT2D eigenvalue weighted by Gasteiger charge is -2.26. The number of carboxylic acids is 1. The van der Waals surface area contributed by atoms with Crippen molar-refractivity contribution >= 4 is 12.0 Å². The van der Waals surface area contributed by atoms with Gasteiger partial charge in [0.05, 0.1) is 5.41 Å². The van der Waals surface area contributed by atoms with Gasteiger partial charge in [0.15, 0.2) is 0 Å². The standard InChI is InChI=1S/C15H28N2O4/c1-3-15(4-2,13(18)19)11-17-14(20)16-8-5-9-21-10-12-6-7-12/h12H,3-11H2,1-2H3,(H,18,19)(H2,16,17,20). The third-order valence-corrected chi connectivity index (χ3v) is 4.20. The van der Waals surface area contributed by atoms with Gasteiger partial charge in [-0.2, -0.15) is 0 Å². The average Bonchev–Trinajstić information content (AvgIpc) is 3.28. The Hall–Kier alpha value is -1.30. The molecule has 1 fully saturated rings. The number of hydrogen-bond donors (Lipinski definition) is 3. The summed E-state index contributed by atoms with van der Waals surface area (Å²) in [6.07, 6.45) is 4.32. The van der Waals surface area contributed by atoms with E-state index in [4.69, 9.17) is 4.74 Å². The summed E-state index contributed by atoms with van der Waals surface area (Å²) < 4.78 is 5.47. The van der Waals surface area contributed by atoms with Crippen molar-refractivity contribution in [2.45, 2.75) is 46.0 Å². The Morgan fingerprint density at radius 1 is 1.24 bits per heavy atom. The summed E-state index contributed by atoms with van der Waals surface area (Å²) in [5, 5.41) is 14.6. The van der Waals surface area contributed by atoms with Crippen molar-refractivity contribution in [2.75, 3.05) is 26.3 Å². The predicted molar refractivity (Wildman–Crippen MR) is 80.2 cm³/mol. The quantitative estimate of drug-likeness (QED) is 0.509. The average molecular weight is 300 g/mol. The van der Waals surface area contributed by atoms with E-state index in [2.05, 4.69) is 10.6 Å². The van der Waals surface area contributed by atoms with E-state index in [0.717, 1.165) is 18.9 Å². The molecule has 0 aliphatic heterocycles. The van der Waals surface area contributed by atoms with E-state index in [1.54, 1.807) is 0 Å². The largest absolute Gasteiger partial charge is 0.481 e. The lowest BCUT2D eigenvalue weighted by Crippen LogP contribution is -2.46. The number of nitrogens with one attached hydrogen (secondary N) is 2. The molecule has 6 heteroatoms. The summed E-state index contributed by atoms with van der Waals surface area (Å²) in [4.78, 5) is 22.9. The Labute approximate surface area is 126 Å². The van der Waals surface area contributed by atoms with Crippen molar-refractivity contribution in [1.82, 2.24) is 10.6 Å². The van der Waals surface area contributed by atoms with E-state index < -0.39 is 11.4 Å². The molecular weight excluding hydrogens is 272 g/mol. The first kappa shape index (κ1) is 17.8. The zero-order valence-electron chi connectivity index (χ0n) is 13.1. The Morgan fingerprint density at radius 2 is 1.90 bits per heavy atom. The second-order valence-corrected chi connectivity index (χ2v) is 5.77. The van der Waals surface area contributed by atoms with Crippen LogP contribution < -0.4 is 10.6 Å². The first-order valence-corrected chi connectivity index (χ1v) is 7.87. The fourth-order valence-electron chi connectivity index (χ4n) is 2.10. The van der Waals surface area contributed by atoms with E-state index in [1.807, 2.05) is 13.8 Å². The van der Waals surface area contributed by atoms with Crippen LogP contribution in [0.25, 0.3) is 0 Å². The van der Waals surface area contributed by atoms with Gasteiger partial charge in [0.25, 0.3) is 0 Å². The van der Waals surface area contributed by atoms with Gasteiger partial charge >= 0.3 is 12.0 Å². The molecule has 1 rings (SSSR count). The summed E-state index contributed by atoms with van der Waals surface area (Å²) in [5.41, 5.74) is -0.870. The molecule has 0 unspecified atom stereocenters. The second kappa shape index (κ2) is 8.87. The topological polar surface area (TPSA) is 87.7 Å². The van der Waals surface area contributed by atoms with Crippen LogP contribution in [-0.4, -0.2) is 43.4 Å². The molecule has 1 aliphatic carbocycles. The molecule has 0 aromatic heterocycles. The molecule has 1 aliphatic rings. The normalized spacial score (nSPS) is 14.8. The summed E-state index contributed by atoms with van der Waals surface area (Å²) >= 11 is 0. The molecule has 0 saturated heterocycles. The summed E-state index contributed by atoms with van der Waals surface area (Å²) in [7, 11) is 0. The zero-order valence-corrected chi connectivity index (χ0v) is 13.1. The monoisotopic (exact) mass is 300 g/mol. The van der Waals surface area contributed by atoms with Crippen LogP contribution in [0.15, 0.2) is 0 Å². The Kier molecular flexibility index (Phi) is 7.50. The summed E-state index contributed by atoms with van der Waals surface area (Å²) in [6, 6.07) is -0.315. The molecule has 1 saturated carbocycles. The van der Waals surface area contributed by atoms with Crippen molar-refractivity contribution in [1.29, 1.82) is 0 Å². The fourth-order valence-corrected chi connectivity index (χ4v) is 2.10. The number of carbonyl (C=O) groups excluding carboxylic acids is 1. The molecule has 0 bridgehead atoms. The number of carbonyl (C=O) groups is 2. The Morgan fingerprint density at radius 3 is 2.43 bits per heavy atom. The lowest BCUT2D eigenvalue weighted by atomic mass is 9.82. The maximum absolute atomic E-state index is 11.6. The molecule has 0 aromatic carbocycles. The second-order valence-electron chi connectivity index (χ2n) is 5.77. The third kappa shape index (κ3) is 6.33. The van der Waals surface area contributed by atoms with Crippen LogP contribution in [0.2, 0.25) is 0 Å². The van der Waals surface area contributed by atoms with E-state index >= 15 is 0 Å². The van der Waals surface area contributed by atoms with Crippen molar-refractivity contribution < 1.29 is 19.4 Å². The number of amides is 2. The number of ether oxygens (including phenoxy) is 1. The molecule has 0 aromatic rings. The van der Waals surface area contributed by atoms with Crippen LogP contribution in [0.5, 0.6) is 0 Å². The highest BCUT2D eigenvalue weighted by Crippen LogP contribution is 2.28. The number of aliphatic carboxylic acids is 1. The van der Waals surface area contributed by atoms with Crippen molar-refractivity contribution in [2.24, 2.45) is 11.3 Å². The first-order chi connectivity index (χ1) is 10.0. The zero-order chi connectivity index (χ0) is 15.7. The van der Waals surface area contributed by atoms with Gasteiger partial charge in [-0.05, 0) is 38.0 Å². The van der Waals surface area contributed by atoms with E-state index in [0.29, 0.717) is 26.0 Å². The van der Waals surface area contributed by atoms with Crippen molar-refractivity contribution in [3.8, 4) is 0 Å². The number of carboxylic acid groups (broad SMARTS) is 1. The number of hydrogen-bond acceptors (Lipinski definition) is 3. The van der Waals surface area contributed by atoms with Crippen LogP contribution in [0, 0.1) is 11.3 Å². The van der Waals surface area contributed by atoms with Gasteiger partial charge in [-0.15, -0.1) is 0 Å². The van der Waals surface area contributed by atoms with Crippen LogP contribution >= 0.6 is 0 Å². The van der Waals surface area contributed by atoms with Gasteiger partial charge in [0, 0.05) is 26.3 Å². The number of rotatable bonds is 11. The molecule has 0 radical (unpaired) electrons. The fraction of sp³-hybridized carbons (Fsp3) is 0.867. The van der Waals surface area contributed by atoms with E-state index in [-0.39, 0.29) is 12.6 Å². The van der Waals surface area contributed by atoms with Crippen LogP contribution in [-0.2, 0) is 9.53 Å². The molecule has 2 amide bonds. The molecule has 0 spiro atoms. The molecule has 6 nitrogen and oxygen atoms in total. The Bertz CT molecular complexity index is 339. The Balaban J connectivity index is 2.09. The molecule has 3 N–H and O–H groups in total. The smallest absolute Gasteiger partial charge is 0.314 e. The SMILES string of the molecule is CCC(CC)(CNC(=O)NCCCOCC1CC1)C(=O)O. The summed E-state index contributed by atoms with van der Waals surface area (Å²) in [6.45, 7) is 5.83. The third-order valence-electron chi connectivity index (χ3n) is 4.20. The molecule has 21 heavy (non-hydrogen) atoms. The highest BCUT2D eigenvalue weighted by Gasteiger charge is 2.35. The number of urea groups is 1. The van der Waals surface area contributed by atoms with Crippen molar-refractivity contribution in [3.63, 3.8) is 0 Å². The van der Waals surface area contributed by atoms with Gasteiger partial charge in [-0.25, -0.2) is 4.79 Å².